The van der Waals surface area contributed by atoms with Gasteiger partial charge in [-0.3, -0.25) is 9.59 Å². The number of ether oxygens (including phenoxy) is 4. The van der Waals surface area contributed by atoms with Crippen LogP contribution in [0.5, 0.6) is 0 Å². The second kappa shape index (κ2) is 10.4. The van der Waals surface area contributed by atoms with Gasteiger partial charge in [0.2, 0.25) is 0 Å². The zero-order valence-electron chi connectivity index (χ0n) is 19.6. The minimum absolute atomic E-state index is 0.294. The van der Waals surface area contributed by atoms with Crippen LogP contribution in [-0.2, 0) is 28.5 Å². The molecule has 0 radical (unpaired) electrons. The fourth-order valence-electron chi connectivity index (χ4n) is 4.68. The van der Waals surface area contributed by atoms with Gasteiger partial charge < -0.3 is 49.6 Å². The van der Waals surface area contributed by atoms with E-state index in [4.69, 9.17) is 18.9 Å². The van der Waals surface area contributed by atoms with Gasteiger partial charge in [-0.2, -0.15) is 0 Å². The van der Waals surface area contributed by atoms with Crippen LogP contribution in [0, 0.1) is 11.8 Å². The number of hydrogen-bond donors (Lipinski definition) is 6. The summed E-state index contributed by atoms with van der Waals surface area (Å²) in [5, 5.41) is 61.2. The van der Waals surface area contributed by atoms with Gasteiger partial charge in [-0.1, -0.05) is 19.1 Å². The Bertz CT molecular complexity index is 999. The van der Waals surface area contributed by atoms with Crippen molar-refractivity contribution in [2.24, 2.45) is 11.8 Å². The molecular weight excluding hydrogens is 480 g/mol. The molecule has 4 rings (SSSR count). The Balaban J connectivity index is 1.64. The van der Waals surface area contributed by atoms with Crippen LogP contribution in [0.15, 0.2) is 47.5 Å². The Hall–Kier alpha value is -2.58. The highest BCUT2D eigenvalue weighted by atomic mass is 16.7. The molecule has 0 saturated carbocycles. The first-order chi connectivity index (χ1) is 17.0. The van der Waals surface area contributed by atoms with Crippen molar-refractivity contribution in [3.05, 3.63) is 47.5 Å². The molecule has 0 aromatic heterocycles. The summed E-state index contributed by atoms with van der Waals surface area (Å²) in [6, 6.07) is 0. The molecule has 36 heavy (non-hydrogen) atoms. The van der Waals surface area contributed by atoms with Gasteiger partial charge in [-0.15, -0.1) is 0 Å². The predicted octanol–water partition coefficient (Wildman–Crippen LogP) is -0.914. The van der Waals surface area contributed by atoms with E-state index in [9.17, 15) is 40.2 Å². The molecule has 2 aliphatic heterocycles. The highest BCUT2D eigenvalue weighted by Crippen LogP contribution is 2.38. The Morgan fingerprint density at radius 2 is 1.78 bits per heavy atom. The van der Waals surface area contributed by atoms with Gasteiger partial charge in [0.1, 0.15) is 60.7 Å². The monoisotopic (exact) mass is 510 g/mol. The Morgan fingerprint density at radius 3 is 2.44 bits per heavy atom. The Morgan fingerprint density at radius 1 is 1.06 bits per heavy atom. The highest BCUT2D eigenvalue weighted by molar-refractivity contribution is 5.90. The van der Waals surface area contributed by atoms with E-state index in [0.717, 1.165) is 6.08 Å². The number of carbonyl (C=O) groups is 2. The molecular formula is C24H30O12. The molecule has 9 unspecified atom stereocenters. The minimum Gasteiger partial charge on any atom is -0.511 e. The first-order valence-corrected chi connectivity index (χ1v) is 11.5. The molecule has 11 atom stereocenters. The maximum absolute atomic E-state index is 13.6. The fraction of sp³-hybridized carbons (Fsp3) is 0.583. The van der Waals surface area contributed by atoms with Crippen molar-refractivity contribution < 1.29 is 59.2 Å². The van der Waals surface area contributed by atoms with Crippen LogP contribution in [-0.4, -0.2) is 104 Å². The van der Waals surface area contributed by atoms with Gasteiger partial charge >= 0.3 is 5.97 Å². The second-order valence-corrected chi connectivity index (χ2v) is 9.31. The van der Waals surface area contributed by atoms with Crippen molar-refractivity contribution in [1.82, 2.24) is 0 Å². The first kappa shape index (κ1) is 26.5. The van der Waals surface area contributed by atoms with Crippen molar-refractivity contribution in [2.45, 2.75) is 69.0 Å². The number of Topliss-reactive ketones (excluding diaryl/α,β-unsaturated/α-hetero) is 1. The van der Waals surface area contributed by atoms with E-state index in [1.54, 1.807) is 0 Å². The number of hydrogen-bond acceptors (Lipinski definition) is 12. The molecule has 2 saturated heterocycles. The summed E-state index contributed by atoms with van der Waals surface area (Å²) < 4.78 is 22.7. The third kappa shape index (κ3) is 5.11. The zero-order valence-corrected chi connectivity index (χ0v) is 19.6. The summed E-state index contributed by atoms with van der Waals surface area (Å²) in [6.07, 6.45) is -4.84. The summed E-state index contributed by atoms with van der Waals surface area (Å²) in [6.45, 7) is 2.34. The van der Waals surface area contributed by atoms with Crippen LogP contribution in [0.4, 0.5) is 0 Å². The maximum atomic E-state index is 13.6. The number of esters is 1. The average Bonchev–Trinajstić information content (AvgIpc) is 2.81. The quantitative estimate of drug-likeness (QED) is 0.250. The number of aliphatic hydroxyl groups is 6. The number of aliphatic hydroxyl groups excluding tert-OH is 6. The molecule has 0 aromatic rings. The van der Waals surface area contributed by atoms with E-state index in [0.29, 0.717) is 5.57 Å². The van der Waals surface area contributed by atoms with Crippen molar-refractivity contribution >= 4 is 11.8 Å². The van der Waals surface area contributed by atoms with Crippen LogP contribution in [0.3, 0.4) is 0 Å². The van der Waals surface area contributed by atoms with Gasteiger partial charge in [0.05, 0.1) is 12.2 Å². The molecule has 4 aliphatic rings. The summed E-state index contributed by atoms with van der Waals surface area (Å²) >= 11 is 0. The number of rotatable bonds is 5. The fourth-order valence-corrected chi connectivity index (χ4v) is 4.68. The number of ketones is 1. The Kier molecular flexibility index (Phi) is 7.67. The lowest BCUT2D eigenvalue weighted by atomic mass is 9.81. The summed E-state index contributed by atoms with van der Waals surface area (Å²) in [7, 11) is 0. The molecule has 198 valence electrons. The normalized spacial score (nSPS) is 42.7. The Labute approximate surface area is 206 Å². The third-order valence-electron chi connectivity index (χ3n) is 6.71. The molecule has 0 spiro atoms. The summed E-state index contributed by atoms with van der Waals surface area (Å²) in [5.41, 5.74) is 0.298. The molecule has 2 aliphatic carbocycles. The van der Waals surface area contributed by atoms with E-state index >= 15 is 0 Å². The van der Waals surface area contributed by atoms with Crippen LogP contribution in [0.1, 0.15) is 13.8 Å². The van der Waals surface area contributed by atoms with Gasteiger partial charge in [0.15, 0.2) is 12.1 Å². The van der Waals surface area contributed by atoms with E-state index < -0.39 is 84.5 Å². The molecule has 2 fully saturated rings. The summed E-state index contributed by atoms with van der Waals surface area (Å²) in [4.78, 5) is 24.8. The smallest absolute Gasteiger partial charge is 0.302 e. The standard InChI is InChI=1S/C24H30O12/c1-9-19(30)20(31)17(8-33-10(2)25)35-24(9)36-23-21(32)18-15(29)6-12(26)7-16(18)34-22(23)11-3-4-13(27)14(28)5-11/h3-7,9,13-14,16-20,22-24,26-31H,8H2,1-2H3/t9?,13?,14?,16?,17?,18?,19?,20-,22?,23?,24+/m1/s1. The van der Waals surface area contributed by atoms with Gasteiger partial charge in [-0.25, -0.2) is 0 Å². The lowest BCUT2D eigenvalue weighted by Gasteiger charge is -2.45. The van der Waals surface area contributed by atoms with Crippen molar-refractivity contribution in [3.8, 4) is 0 Å². The van der Waals surface area contributed by atoms with E-state index in [1.807, 2.05) is 0 Å². The van der Waals surface area contributed by atoms with Crippen molar-refractivity contribution in [1.29, 1.82) is 0 Å². The number of allylic oxidation sites excluding steroid dienone is 1. The molecule has 12 heteroatoms. The second-order valence-electron chi connectivity index (χ2n) is 9.31. The van der Waals surface area contributed by atoms with Crippen LogP contribution < -0.4 is 0 Å². The highest BCUT2D eigenvalue weighted by Gasteiger charge is 2.52. The zero-order chi connectivity index (χ0) is 26.3. The van der Waals surface area contributed by atoms with Crippen molar-refractivity contribution in [3.63, 3.8) is 0 Å². The molecule has 0 aromatic carbocycles. The van der Waals surface area contributed by atoms with Crippen molar-refractivity contribution in [2.75, 3.05) is 6.61 Å². The molecule has 6 N–H and O–H groups in total. The lowest BCUT2D eigenvalue weighted by Crippen LogP contribution is -2.60. The maximum Gasteiger partial charge on any atom is 0.302 e. The van der Waals surface area contributed by atoms with E-state index in [1.165, 1.54) is 38.2 Å². The largest absolute Gasteiger partial charge is 0.511 e. The van der Waals surface area contributed by atoms with Gasteiger partial charge in [-0.05, 0) is 17.7 Å². The van der Waals surface area contributed by atoms with Crippen LogP contribution >= 0.6 is 0 Å². The molecule has 12 nitrogen and oxygen atoms in total. The number of fused-ring (bicyclic) bond motifs is 1. The predicted molar refractivity (Wildman–Crippen MR) is 119 cm³/mol. The van der Waals surface area contributed by atoms with Crippen LogP contribution in [0.2, 0.25) is 0 Å². The first-order valence-electron chi connectivity index (χ1n) is 11.5. The van der Waals surface area contributed by atoms with E-state index in [-0.39, 0.29) is 12.4 Å². The molecule has 0 amide bonds. The molecule has 2 heterocycles. The molecule has 0 bridgehead atoms. The third-order valence-corrected chi connectivity index (χ3v) is 6.71. The van der Waals surface area contributed by atoms with Crippen LogP contribution in [0.25, 0.3) is 0 Å². The summed E-state index contributed by atoms with van der Waals surface area (Å²) in [5.74, 6) is -3.98. The average molecular weight is 510 g/mol. The number of carbonyl (C=O) groups excluding carboxylic acids is 2. The lowest BCUT2D eigenvalue weighted by molar-refractivity contribution is -0.301. The SMILES string of the molecule is CC(=O)OCC1O[C@@H](OC2C(=O)C3C(O)=CC(O)=CC3OC2C2=CC(O)C(O)C=C2)C(C)C(O)[C@@H]1O. The topological polar surface area (TPSA) is 192 Å². The minimum atomic E-state index is -1.42. The van der Waals surface area contributed by atoms with Gasteiger partial charge in [0.25, 0.3) is 0 Å². The van der Waals surface area contributed by atoms with Gasteiger partial charge in [0, 0.05) is 18.9 Å². The van der Waals surface area contributed by atoms with E-state index in [2.05, 4.69) is 0 Å².